The van der Waals surface area contributed by atoms with Gasteiger partial charge in [-0.3, -0.25) is 0 Å². The molecule has 0 aromatic heterocycles. The first-order chi connectivity index (χ1) is 10.8. The third-order valence-electron chi connectivity index (χ3n) is 4.61. The van der Waals surface area contributed by atoms with Gasteiger partial charge in [-0.25, -0.2) is 0 Å². The van der Waals surface area contributed by atoms with Crippen LogP contribution < -0.4 is 5.32 Å². The molecule has 0 saturated carbocycles. The fourth-order valence-electron chi connectivity index (χ4n) is 3.32. The van der Waals surface area contributed by atoms with Crippen LogP contribution in [-0.2, 0) is 19.3 Å². The molecule has 1 nitrogen and oxygen atoms in total. The first-order valence-corrected chi connectivity index (χ1v) is 8.74. The van der Waals surface area contributed by atoms with E-state index in [1.807, 2.05) is 6.07 Å². The smallest absolute Gasteiger partial charge is 0.0408 e. The van der Waals surface area contributed by atoms with Crippen LogP contribution in [0.3, 0.4) is 0 Å². The van der Waals surface area contributed by atoms with Crippen molar-refractivity contribution in [3.05, 3.63) is 70.2 Å². The standard InChI is InChI=1S/C20H24ClN/c21-19-11-8-17-9-12-20(13-10-18(17)15-19)22-14-4-7-16-5-2-1-3-6-16/h1-3,5-6,8,11,15,20,22H,4,7,9-10,12-14H2. The molecule has 0 heterocycles. The normalized spacial score (nSPS) is 17.8. The third kappa shape index (κ3) is 4.34. The molecule has 1 unspecified atom stereocenters. The molecular weight excluding hydrogens is 290 g/mol. The zero-order valence-corrected chi connectivity index (χ0v) is 13.8. The van der Waals surface area contributed by atoms with E-state index in [4.69, 9.17) is 11.6 Å². The quantitative estimate of drug-likeness (QED) is 0.617. The Hall–Kier alpha value is -1.31. The highest BCUT2D eigenvalue weighted by Gasteiger charge is 2.15. The lowest BCUT2D eigenvalue weighted by molar-refractivity contribution is 0.459. The highest BCUT2D eigenvalue weighted by atomic mass is 35.5. The second kappa shape index (κ2) is 7.80. The summed E-state index contributed by atoms with van der Waals surface area (Å²) in [6.07, 6.45) is 7.14. The van der Waals surface area contributed by atoms with Crippen LogP contribution >= 0.6 is 11.6 Å². The van der Waals surface area contributed by atoms with Crippen LogP contribution in [0.4, 0.5) is 0 Å². The van der Waals surface area contributed by atoms with Gasteiger partial charge in [-0.2, -0.15) is 0 Å². The Labute approximate surface area is 138 Å². The zero-order valence-electron chi connectivity index (χ0n) is 13.0. The summed E-state index contributed by atoms with van der Waals surface area (Å²) in [5.41, 5.74) is 4.37. The van der Waals surface area contributed by atoms with Gasteiger partial charge in [-0.15, -0.1) is 0 Å². The van der Waals surface area contributed by atoms with Gasteiger partial charge in [0.05, 0.1) is 0 Å². The van der Waals surface area contributed by atoms with Crippen molar-refractivity contribution in [1.82, 2.24) is 5.32 Å². The lowest BCUT2D eigenvalue weighted by atomic mass is 10.0. The van der Waals surface area contributed by atoms with E-state index in [9.17, 15) is 0 Å². The predicted molar refractivity (Wildman–Crippen MR) is 94.6 cm³/mol. The van der Waals surface area contributed by atoms with Crippen LogP contribution in [0.1, 0.15) is 36.0 Å². The largest absolute Gasteiger partial charge is 0.314 e. The Morgan fingerprint density at radius 2 is 1.73 bits per heavy atom. The summed E-state index contributed by atoms with van der Waals surface area (Å²) < 4.78 is 0. The maximum absolute atomic E-state index is 6.11. The monoisotopic (exact) mass is 313 g/mol. The number of nitrogens with one attached hydrogen (secondary N) is 1. The molecule has 2 aromatic carbocycles. The van der Waals surface area contributed by atoms with Gasteiger partial charge < -0.3 is 5.32 Å². The molecule has 0 saturated heterocycles. The van der Waals surface area contributed by atoms with Crippen LogP contribution in [-0.4, -0.2) is 12.6 Å². The molecule has 0 aliphatic heterocycles. The molecule has 1 atom stereocenters. The summed E-state index contributed by atoms with van der Waals surface area (Å²) in [5.74, 6) is 0. The summed E-state index contributed by atoms with van der Waals surface area (Å²) in [7, 11) is 0. The zero-order chi connectivity index (χ0) is 15.2. The minimum Gasteiger partial charge on any atom is -0.314 e. The number of rotatable bonds is 5. The molecule has 0 amide bonds. The number of benzene rings is 2. The lowest BCUT2D eigenvalue weighted by Crippen LogP contribution is -2.30. The van der Waals surface area contributed by atoms with Gasteiger partial charge in [-0.1, -0.05) is 48.0 Å². The molecule has 0 fully saturated rings. The van der Waals surface area contributed by atoms with Crippen LogP contribution in [0.25, 0.3) is 0 Å². The lowest BCUT2D eigenvalue weighted by Gasteiger charge is -2.16. The maximum Gasteiger partial charge on any atom is 0.0408 e. The first kappa shape index (κ1) is 15.6. The van der Waals surface area contributed by atoms with Crippen molar-refractivity contribution in [1.29, 1.82) is 0 Å². The highest BCUT2D eigenvalue weighted by Crippen LogP contribution is 2.24. The van der Waals surface area contributed by atoms with Crippen molar-refractivity contribution in [3.8, 4) is 0 Å². The molecule has 1 aliphatic rings. The van der Waals surface area contributed by atoms with E-state index < -0.39 is 0 Å². The molecular formula is C20H24ClN. The highest BCUT2D eigenvalue weighted by molar-refractivity contribution is 6.30. The molecule has 3 rings (SSSR count). The average Bonchev–Trinajstić information content (AvgIpc) is 2.75. The van der Waals surface area contributed by atoms with E-state index in [0.717, 1.165) is 24.4 Å². The van der Waals surface area contributed by atoms with E-state index in [1.54, 1.807) is 0 Å². The van der Waals surface area contributed by atoms with Gasteiger partial charge in [0.2, 0.25) is 0 Å². The maximum atomic E-state index is 6.11. The Morgan fingerprint density at radius 3 is 2.55 bits per heavy atom. The van der Waals surface area contributed by atoms with Crippen LogP contribution in [0.5, 0.6) is 0 Å². The molecule has 1 N–H and O–H groups in total. The molecule has 22 heavy (non-hydrogen) atoms. The van der Waals surface area contributed by atoms with Crippen molar-refractivity contribution in [2.45, 2.75) is 44.6 Å². The van der Waals surface area contributed by atoms with Crippen LogP contribution in [0.2, 0.25) is 5.02 Å². The first-order valence-electron chi connectivity index (χ1n) is 8.36. The summed E-state index contributed by atoms with van der Waals surface area (Å²) in [6, 6.07) is 17.8. The van der Waals surface area contributed by atoms with Crippen molar-refractivity contribution in [3.63, 3.8) is 0 Å². The van der Waals surface area contributed by atoms with Gasteiger partial charge >= 0.3 is 0 Å². The number of aryl methyl sites for hydroxylation is 3. The van der Waals surface area contributed by atoms with E-state index >= 15 is 0 Å². The van der Waals surface area contributed by atoms with Gasteiger partial charge in [0.15, 0.2) is 0 Å². The number of fused-ring (bicyclic) bond motifs is 1. The molecule has 116 valence electrons. The van der Waals surface area contributed by atoms with Crippen molar-refractivity contribution < 1.29 is 0 Å². The molecule has 2 aromatic rings. The van der Waals surface area contributed by atoms with Crippen molar-refractivity contribution >= 4 is 11.6 Å². The van der Waals surface area contributed by atoms with E-state index in [2.05, 4.69) is 47.8 Å². The molecule has 0 radical (unpaired) electrons. The molecule has 2 heteroatoms. The molecule has 0 bridgehead atoms. The number of hydrogen-bond donors (Lipinski definition) is 1. The SMILES string of the molecule is Clc1ccc2c(c1)CCC(NCCCc1ccccc1)CC2. The van der Waals surface area contributed by atoms with E-state index in [1.165, 1.54) is 42.4 Å². The minimum absolute atomic E-state index is 0.641. The topological polar surface area (TPSA) is 12.0 Å². The summed E-state index contributed by atoms with van der Waals surface area (Å²) in [4.78, 5) is 0. The van der Waals surface area contributed by atoms with E-state index in [0.29, 0.717) is 6.04 Å². The Morgan fingerprint density at radius 1 is 0.955 bits per heavy atom. The summed E-state index contributed by atoms with van der Waals surface area (Å²) >= 11 is 6.11. The molecule has 0 spiro atoms. The Kier molecular flexibility index (Phi) is 5.53. The van der Waals surface area contributed by atoms with Gasteiger partial charge in [0.1, 0.15) is 0 Å². The third-order valence-corrected chi connectivity index (χ3v) is 4.85. The minimum atomic E-state index is 0.641. The van der Waals surface area contributed by atoms with Gasteiger partial charge in [-0.05, 0) is 73.9 Å². The fourth-order valence-corrected chi connectivity index (χ4v) is 3.52. The predicted octanol–water partition coefficient (Wildman–Crippen LogP) is 4.81. The van der Waals surface area contributed by atoms with Gasteiger partial charge in [0, 0.05) is 11.1 Å². The molecule has 1 aliphatic carbocycles. The van der Waals surface area contributed by atoms with Crippen LogP contribution in [0.15, 0.2) is 48.5 Å². The Balaban J connectivity index is 1.43. The number of halogens is 1. The second-order valence-electron chi connectivity index (χ2n) is 6.23. The number of hydrogen-bond acceptors (Lipinski definition) is 1. The summed E-state index contributed by atoms with van der Waals surface area (Å²) in [6.45, 7) is 1.11. The van der Waals surface area contributed by atoms with Crippen molar-refractivity contribution in [2.75, 3.05) is 6.54 Å². The average molecular weight is 314 g/mol. The van der Waals surface area contributed by atoms with Crippen molar-refractivity contribution in [2.24, 2.45) is 0 Å². The van der Waals surface area contributed by atoms with E-state index in [-0.39, 0.29) is 0 Å². The fraction of sp³-hybridized carbons (Fsp3) is 0.400. The Bertz CT molecular complexity index is 594. The van der Waals surface area contributed by atoms with Crippen LogP contribution in [0, 0.1) is 0 Å². The summed E-state index contributed by atoms with van der Waals surface area (Å²) in [5, 5.41) is 4.62. The van der Waals surface area contributed by atoms with Gasteiger partial charge in [0.25, 0.3) is 0 Å². The second-order valence-corrected chi connectivity index (χ2v) is 6.67.